The summed E-state index contributed by atoms with van der Waals surface area (Å²) < 4.78 is 12.2. The second-order valence-electron chi connectivity index (χ2n) is 7.02. The van der Waals surface area contributed by atoms with Crippen molar-refractivity contribution in [2.75, 3.05) is 6.54 Å². The fourth-order valence-corrected chi connectivity index (χ4v) is 2.91. The molecule has 0 unspecified atom stereocenters. The Bertz CT molecular complexity index is 680. The van der Waals surface area contributed by atoms with Crippen molar-refractivity contribution in [3.63, 3.8) is 0 Å². The summed E-state index contributed by atoms with van der Waals surface area (Å²) in [5, 5.41) is 3.79. The highest BCUT2D eigenvalue weighted by Crippen LogP contribution is 2.39. The van der Waals surface area contributed by atoms with Gasteiger partial charge in [0.15, 0.2) is 0 Å². The van der Waals surface area contributed by atoms with Crippen LogP contribution in [0.5, 0.6) is 0 Å². The molecule has 1 aliphatic rings. The maximum atomic E-state index is 11.3. The minimum absolute atomic E-state index is 0.144. The molecule has 25 heavy (non-hydrogen) atoms. The maximum absolute atomic E-state index is 11.3. The minimum atomic E-state index is -0.593. The zero-order valence-corrected chi connectivity index (χ0v) is 17.1. The lowest BCUT2D eigenvalue weighted by molar-refractivity contribution is -0.118. The first-order chi connectivity index (χ1) is 11.4. The molecule has 1 N–H and O–H groups in total. The summed E-state index contributed by atoms with van der Waals surface area (Å²) in [6.45, 7) is 9.62. The SMILES string of the molecule is CC(=O)NCC(=Cc1cc(Cl)c(Cl)c(Cl)c1)B1OC(C)(C)C(C)(C)O1. The monoisotopic (exact) mass is 403 g/mol. The Labute approximate surface area is 163 Å². The molecule has 0 radical (unpaired) electrons. The largest absolute Gasteiger partial charge is 0.492 e. The van der Waals surface area contributed by atoms with Crippen LogP contribution in [0.25, 0.3) is 6.08 Å². The molecule has 0 saturated carbocycles. The number of amides is 1. The number of hydrogen-bond donors (Lipinski definition) is 1. The van der Waals surface area contributed by atoms with Crippen LogP contribution >= 0.6 is 34.8 Å². The van der Waals surface area contributed by atoms with Crippen molar-refractivity contribution < 1.29 is 14.1 Å². The Balaban J connectivity index is 2.38. The quantitative estimate of drug-likeness (QED) is 0.579. The normalized spacial score (nSPS) is 19.2. The van der Waals surface area contributed by atoms with Gasteiger partial charge in [0, 0.05) is 13.5 Å². The van der Waals surface area contributed by atoms with Crippen LogP contribution in [-0.2, 0) is 14.1 Å². The van der Waals surface area contributed by atoms with Crippen LogP contribution < -0.4 is 5.32 Å². The van der Waals surface area contributed by atoms with Gasteiger partial charge in [-0.2, -0.15) is 0 Å². The smallest absolute Gasteiger partial charge is 0.400 e. The number of halogens is 3. The third-order valence-electron chi connectivity index (χ3n) is 4.46. The van der Waals surface area contributed by atoms with Gasteiger partial charge in [-0.15, -0.1) is 0 Å². The van der Waals surface area contributed by atoms with Crippen LogP contribution in [0.15, 0.2) is 17.6 Å². The van der Waals surface area contributed by atoms with Crippen LogP contribution in [0.3, 0.4) is 0 Å². The molecule has 8 heteroatoms. The van der Waals surface area contributed by atoms with E-state index in [2.05, 4.69) is 5.32 Å². The molecule has 1 heterocycles. The zero-order chi connectivity index (χ0) is 19.0. The van der Waals surface area contributed by atoms with E-state index < -0.39 is 18.3 Å². The van der Waals surface area contributed by atoms with Gasteiger partial charge >= 0.3 is 7.12 Å². The average Bonchev–Trinajstić information content (AvgIpc) is 2.68. The van der Waals surface area contributed by atoms with Gasteiger partial charge < -0.3 is 14.6 Å². The third-order valence-corrected chi connectivity index (χ3v) is 5.65. The fourth-order valence-electron chi connectivity index (χ4n) is 2.30. The van der Waals surface area contributed by atoms with E-state index in [0.29, 0.717) is 15.1 Å². The predicted octanol–water partition coefficient (Wildman–Crippen LogP) is 4.80. The van der Waals surface area contributed by atoms with E-state index in [9.17, 15) is 4.79 Å². The number of rotatable bonds is 4. The number of benzene rings is 1. The van der Waals surface area contributed by atoms with Gasteiger partial charge in [0.1, 0.15) is 0 Å². The second kappa shape index (κ2) is 7.49. The number of carbonyl (C=O) groups excluding carboxylic acids is 1. The van der Waals surface area contributed by atoms with Crippen molar-refractivity contribution in [3.8, 4) is 0 Å². The fraction of sp³-hybridized carbons (Fsp3) is 0.471. The molecule has 136 valence electrons. The van der Waals surface area contributed by atoms with Crippen molar-refractivity contribution >= 4 is 53.9 Å². The van der Waals surface area contributed by atoms with E-state index in [0.717, 1.165) is 11.0 Å². The molecule has 4 nitrogen and oxygen atoms in total. The number of carbonyl (C=O) groups is 1. The second-order valence-corrected chi connectivity index (χ2v) is 8.21. The van der Waals surface area contributed by atoms with E-state index in [4.69, 9.17) is 44.1 Å². The highest BCUT2D eigenvalue weighted by Gasteiger charge is 2.52. The van der Waals surface area contributed by atoms with Gasteiger partial charge in [0.25, 0.3) is 0 Å². The molecule has 2 rings (SSSR count). The van der Waals surface area contributed by atoms with E-state index in [1.54, 1.807) is 12.1 Å². The van der Waals surface area contributed by atoms with Gasteiger partial charge in [0.05, 0.1) is 26.3 Å². The highest BCUT2D eigenvalue weighted by atomic mass is 35.5. The van der Waals surface area contributed by atoms with Crippen molar-refractivity contribution in [3.05, 3.63) is 38.2 Å². The maximum Gasteiger partial charge on any atom is 0.492 e. The molecule has 1 aliphatic heterocycles. The first-order valence-corrected chi connectivity index (χ1v) is 9.01. The molecule has 0 bridgehead atoms. The van der Waals surface area contributed by atoms with Gasteiger partial charge in [-0.1, -0.05) is 40.9 Å². The lowest BCUT2D eigenvalue weighted by atomic mass is 9.77. The van der Waals surface area contributed by atoms with Gasteiger partial charge in [-0.25, -0.2) is 0 Å². The first kappa shape index (κ1) is 20.6. The van der Waals surface area contributed by atoms with E-state index >= 15 is 0 Å². The van der Waals surface area contributed by atoms with Crippen LogP contribution in [0.4, 0.5) is 0 Å². The summed E-state index contributed by atoms with van der Waals surface area (Å²) in [4.78, 5) is 11.3. The van der Waals surface area contributed by atoms with Crippen molar-refractivity contribution in [2.24, 2.45) is 0 Å². The average molecular weight is 405 g/mol. The summed E-state index contributed by atoms with van der Waals surface area (Å²) in [6.07, 6.45) is 1.84. The van der Waals surface area contributed by atoms with Crippen LogP contribution in [0, 0.1) is 0 Å². The highest BCUT2D eigenvalue weighted by molar-refractivity contribution is 6.56. The summed E-state index contributed by atoms with van der Waals surface area (Å²) in [7, 11) is -0.593. The molecule has 1 fully saturated rings. The number of hydrogen-bond acceptors (Lipinski definition) is 3. The van der Waals surface area contributed by atoms with E-state index in [1.165, 1.54) is 6.92 Å². The summed E-state index contributed by atoms with van der Waals surface area (Å²) in [5.41, 5.74) is 0.530. The van der Waals surface area contributed by atoms with E-state index in [1.807, 2.05) is 33.8 Å². The topological polar surface area (TPSA) is 47.6 Å². The minimum Gasteiger partial charge on any atom is -0.400 e. The summed E-state index contributed by atoms with van der Waals surface area (Å²) in [5.74, 6) is -0.144. The van der Waals surface area contributed by atoms with Crippen molar-refractivity contribution in [1.29, 1.82) is 0 Å². The van der Waals surface area contributed by atoms with Crippen LogP contribution in [0.1, 0.15) is 40.2 Å². The lowest BCUT2D eigenvalue weighted by Gasteiger charge is -2.32. The van der Waals surface area contributed by atoms with Crippen LogP contribution in [0.2, 0.25) is 15.1 Å². The molecule has 1 aromatic carbocycles. The molecule has 1 aromatic rings. The molecule has 1 saturated heterocycles. The Hall–Kier alpha value is -0.715. The summed E-state index contributed by atoms with van der Waals surface area (Å²) in [6, 6.07) is 3.41. The zero-order valence-electron chi connectivity index (χ0n) is 14.9. The molecular weight excluding hydrogens is 383 g/mol. The Morgan fingerprint density at radius 2 is 1.60 bits per heavy atom. The van der Waals surface area contributed by atoms with E-state index in [-0.39, 0.29) is 12.5 Å². The first-order valence-electron chi connectivity index (χ1n) is 7.88. The third kappa shape index (κ3) is 4.72. The standard InChI is InChI=1S/C17H21BCl3NO3/c1-10(23)22-9-12(18-24-16(2,3)17(4,5)25-18)6-11-7-13(19)15(21)14(20)8-11/h6-8H,9H2,1-5H3,(H,22,23). The van der Waals surface area contributed by atoms with Gasteiger partial charge in [-0.3, -0.25) is 4.79 Å². The van der Waals surface area contributed by atoms with Gasteiger partial charge in [-0.05, 0) is 50.9 Å². The Kier molecular flexibility index (Phi) is 6.17. The van der Waals surface area contributed by atoms with Crippen molar-refractivity contribution in [1.82, 2.24) is 5.32 Å². The molecule has 0 aliphatic carbocycles. The molecule has 0 spiro atoms. The molecule has 0 aromatic heterocycles. The lowest BCUT2D eigenvalue weighted by Crippen LogP contribution is -2.41. The number of nitrogens with one attached hydrogen (secondary N) is 1. The molecular formula is C17H21BCl3NO3. The molecule has 0 atom stereocenters. The summed E-state index contributed by atoms with van der Waals surface area (Å²) >= 11 is 18.2. The molecule has 1 amide bonds. The Morgan fingerprint density at radius 3 is 2.04 bits per heavy atom. The Morgan fingerprint density at radius 1 is 1.12 bits per heavy atom. The van der Waals surface area contributed by atoms with Crippen molar-refractivity contribution in [2.45, 2.75) is 45.8 Å². The van der Waals surface area contributed by atoms with Gasteiger partial charge in [0.2, 0.25) is 5.91 Å². The predicted molar refractivity (Wildman–Crippen MR) is 104 cm³/mol. The van der Waals surface area contributed by atoms with Crippen LogP contribution in [-0.4, -0.2) is 30.8 Å².